The lowest BCUT2D eigenvalue weighted by Crippen LogP contribution is -2.23. The monoisotopic (exact) mass is 391 g/mol. The molecular weight excluding hydrogens is 370 g/mol. The molecule has 0 aliphatic carbocycles. The maximum atomic E-state index is 12.2. The van der Waals surface area contributed by atoms with E-state index >= 15 is 0 Å². The predicted octanol–water partition coefficient (Wildman–Crippen LogP) is 3.04. The topological polar surface area (TPSA) is 89.5 Å². The summed E-state index contributed by atoms with van der Waals surface area (Å²) in [6, 6.07) is 17.4. The number of pyridine rings is 1. The van der Waals surface area contributed by atoms with Crippen LogP contribution in [0.15, 0.2) is 73.1 Å². The van der Waals surface area contributed by atoms with Crippen molar-refractivity contribution in [2.24, 2.45) is 0 Å². The minimum absolute atomic E-state index is 0.149. The van der Waals surface area contributed by atoms with Gasteiger partial charge in [0.1, 0.15) is 11.5 Å². The lowest BCUT2D eigenvalue weighted by molar-refractivity contribution is -0.118. The Bertz CT molecular complexity index is 959. The first-order valence-corrected chi connectivity index (χ1v) is 8.98. The number of nitrogens with zero attached hydrogens (tertiary/aromatic N) is 1. The van der Waals surface area contributed by atoms with E-state index in [1.807, 2.05) is 12.1 Å². The van der Waals surface area contributed by atoms with Gasteiger partial charge in [-0.1, -0.05) is 12.1 Å². The normalized spacial score (nSPS) is 10.1. The van der Waals surface area contributed by atoms with E-state index in [2.05, 4.69) is 15.6 Å². The number of carbonyl (C=O) groups is 2. The summed E-state index contributed by atoms with van der Waals surface area (Å²) in [5.74, 6) is 0.656. The highest BCUT2D eigenvalue weighted by molar-refractivity contribution is 5.94. The van der Waals surface area contributed by atoms with Gasteiger partial charge in [0.15, 0.2) is 6.61 Å². The molecule has 1 aromatic heterocycles. The van der Waals surface area contributed by atoms with Crippen LogP contribution in [0.2, 0.25) is 0 Å². The molecule has 3 aromatic rings. The largest absolute Gasteiger partial charge is 0.497 e. The molecule has 0 unspecified atom stereocenters. The minimum atomic E-state index is -0.295. The third-order valence-electron chi connectivity index (χ3n) is 4.02. The summed E-state index contributed by atoms with van der Waals surface area (Å²) in [4.78, 5) is 28.2. The fourth-order valence-corrected chi connectivity index (χ4v) is 2.54. The van der Waals surface area contributed by atoms with E-state index in [9.17, 15) is 9.59 Å². The fourth-order valence-electron chi connectivity index (χ4n) is 2.54. The van der Waals surface area contributed by atoms with Gasteiger partial charge in [-0.05, 0) is 48.0 Å². The van der Waals surface area contributed by atoms with Gasteiger partial charge in [-0.15, -0.1) is 0 Å². The number of methoxy groups -OCH3 is 1. The van der Waals surface area contributed by atoms with Crippen molar-refractivity contribution in [3.8, 4) is 11.5 Å². The average molecular weight is 391 g/mol. The number of ether oxygens (including phenoxy) is 2. The molecule has 148 valence electrons. The molecule has 0 bridgehead atoms. The van der Waals surface area contributed by atoms with Crippen LogP contribution >= 0.6 is 0 Å². The van der Waals surface area contributed by atoms with E-state index in [1.165, 1.54) is 0 Å². The number of rotatable bonds is 8. The van der Waals surface area contributed by atoms with Crippen molar-refractivity contribution < 1.29 is 19.1 Å². The van der Waals surface area contributed by atoms with Crippen LogP contribution in [-0.4, -0.2) is 30.5 Å². The van der Waals surface area contributed by atoms with Gasteiger partial charge in [-0.3, -0.25) is 14.6 Å². The van der Waals surface area contributed by atoms with Crippen LogP contribution in [0.1, 0.15) is 15.9 Å². The fraction of sp³-hybridized carbons (Fsp3) is 0.136. The molecule has 0 aliphatic heterocycles. The molecule has 2 amide bonds. The zero-order valence-electron chi connectivity index (χ0n) is 15.9. The second-order valence-electron chi connectivity index (χ2n) is 6.14. The molecule has 3 rings (SSSR count). The third-order valence-corrected chi connectivity index (χ3v) is 4.02. The highest BCUT2D eigenvalue weighted by atomic mass is 16.5. The van der Waals surface area contributed by atoms with E-state index in [4.69, 9.17) is 9.47 Å². The van der Waals surface area contributed by atoms with Crippen LogP contribution in [0.25, 0.3) is 0 Å². The molecule has 7 nitrogen and oxygen atoms in total. The molecule has 0 spiro atoms. The Morgan fingerprint density at radius 1 is 1.00 bits per heavy atom. The number of carbonyl (C=O) groups excluding carboxylic acids is 2. The number of hydrogen-bond acceptors (Lipinski definition) is 5. The maximum Gasteiger partial charge on any atom is 0.262 e. The zero-order valence-corrected chi connectivity index (χ0v) is 15.9. The van der Waals surface area contributed by atoms with Crippen molar-refractivity contribution >= 4 is 17.5 Å². The van der Waals surface area contributed by atoms with Crippen LogP contribution in [-0.2, 0) is 11.3 Å². The molecule has 2 aromatic carbocycles. The van der Waals surface area contributed by atoms with Gasteiger partial charge in [0.25, 0.3) is 11.8 Å². The number of hydrogen-bond donors (Lipinski definition) is 2. The van der Waals surface area contributed by atoms with Crippen LogP contribution in [0, 0.1) is 0 Å². The molecule has 1 heterocycles. The van der Waals surface area contributed by atoms with E-state index in [1.54, 1.807) is 68.0 Å². The summed E-state index contributed by atoms with van der Waals surface area (Å²) < 4.78 is 10.6. The highest BCUT2D eigenvalue weighted by Crippen LogP contribution is 2.17. The van der Waals surface area contributed by atoms with E-state index < -0.39 is 0 Å². The molecule has 0 radical (unpaired) electrons. The van der Waals surface area contributed by atoms with E-state index in [-0.39, 0.29) is 18.4 Å². The second-order valence-corrected chi connectivity index (χ2v) is 6.14. The number of benzene rings is 2. The van der Waals surface area contributed by atoms with Gasteiger partial charge < -0.3 is 20.1 Å². The number of anilines is 1. The highest BCUT2D eigenvalue weighted by Gasteiger charge is 2.08. The van der Waals surface area contributed by atoms with Gasteiger partial charge >= 0.3 is 0 Å². The molecule has 2 N–H and O–H groups in total. The van der Waals surface area contributed by atoms with Gasteiger partial charge in [0.05, 0.1) is 7.11 Å². The van der Waals surface area contributed by atoms with Gasteiger partial charge in [0, 0.05) is 36.3 Å². The van der Waals surface area contributed by atoms with Crippen molar-refractivity contribution in [1.29, 1.82) is 0 Å². The lowest BCUT2D eigenvalue weighted by atomic mass is 10.2. The first-order valence-electron chi connectivity index (χ1n) is 8.98. The Morgan fingerprint density at radius 2 is 1.83 bits per heavy atom. The Labute approximate surface area is 168 Å². The molecule has 0 fully saturated rings. The molecule has 0 atom stereocenters. The average Bonchev–Trinajstić information content (AvgIpc) is 2.77. The summed E-state index contributed by atoms with van der Waals surface area (Å²) in [6.45, 7) is 0.249. The molecule has 0 saturated heterocycles. The van der Waals surface area contributed by atoms with E-state index in [0.29, 0.717) is 29.3 Å². The molecular formula is C22H21N3O4. The Kier molecular flexibility index (Phi) is 6.78. The zero-order chi connectivity index (χ0) is 20.5. The van der Waals surface area contributed by atoms with Crippen molar-refractivity contribution in [3.63, 3.8) is 0 Å². The summed E-state index contributed by atoms with van der Waals surface area (Å²) in [6.07, 6.45) is 3.38. The van der Waals surface area contributed by atoms with Crippen LogP contribution < -0.4 is 20.1 Å². The number of nitrogens with one attached hydrogen (secondary N) is 2. The SMILES string of the molecule is COc1cccc(NC(=O)COc2ccc(C(=O)NCc3cccnc3)cc2)c1. The van der Waals surface area contributed by atoms with Crippen LogP contribution in [0.5, 0.6) is 11.5 Å². The molecule has 29 heavy (non-hydrogen) atoms. The maximum absolute atomic E-state index is 12.2. The first kappa shape index (κ1) is 19.9. The predicted molar refractivity (Wildman–Crippen MR) is 109 cm³/mol. The first-order chi connectivity index (χ1) is 14.1. The summed E-state index contributed by atoms with van der Waals surface area (Å²) >= 11 is 0. The standard InChI is InChI=1S/C22H21N3O4/c1-28-20-6-2-5-18(12-20)25-21(26)15-29-19-9-7-17(8-10-19)22(27)24-14-16-4-3-11-23-13-16/h2-13H,14-15H2,1H3,(H,24,27)(H,25,26). The molecule has 0 aliphatic rings. The lowest BCUT2D eigenvalue weighted by Gasteiger charge is -2.09. The number of amides is 2. The van der Waals surface area contributed by atoms with Crippen LogP contribution in [0.3, 0.4) is 0 Å². The summed E-state index contributed by atoms with van der Waals surface area (Å²) in [7, 11) is 1.56. The van der Waals surface area contributed by atoms with Crippen molar-refractivity contribution in [2.45, 2.75) is 6.54 Å². The minimum Gasteiger partial charge on any atom is -0.497 e. The second kappa shape index (κ2) is 9.89. The van der Waals surface area contributed by atoms with Gasteiger partial charge in [-0.25, -0.2) is 0 Å². The van der Waals surface area contributed by atoms with Gasteiger partial charge in [-0.2, -0.15) is 0 Å². The molecule has 7 heteroatoms. The van der Waals surface area contributed by atoms with E-state index in [0.717, 1.165) is 5.56 Å². The van der Waals surface area contributed by atoms with Gasteiger partial charge in [0.2, 0.25) is 0 Å². The Hall–Kier alpha value is -3.87. The Morgan fingerprint density at radius 3 is 2.55 bits per heavy atom. The van der Waals surface area contributed by atoms with Crippen LogP contribution in [0.4, 0.5) is 5.69 Å². The molecule has 0 saturated carbocycles. The smallest absolute Gasteiger partial charge is 0.262 e. The van der Waals surface area contributed by atoms with Crippen molar-refractivity contribution in [1.82, 2.24) is 10.3 Å². The van der Waals surface area contributed by atoms with Crippen molar-refractivity contribution in [3.05, 3.63) is 84.2 Å². The number of aromatic nitrogens is 1. The quantitative estimate of drug-likeness (QED) is 0.616. The summed E-state index contributed by atoms with van der Waals surface area (Å²) in [5, 5.41) is 5.56. The third kappa shape index (κ3) is 6.07. The van der Waals surface area contributed by atoms with Crippen molar-refractivity contribution in [2.75, 3.05) is 19.0 Å². The Balaban J connectivity index is 1.47. The summed E-state index contributed by atoms with van der Waals surface area (Å²) in [5.41, 5.74) is 2.04.